The topological polar surface area (TPSA) is 235 Å². The van der Waals surface area contributed by atoms with Crippen LogP contribution in [0.15, 0.2) is 59.4 Å². The number of carbonyl (C=O) groups excluding carboxylic acids is 6. The molecule has 16 heteroatoms. The maximum Gasteiger partial charge on any atom is 0.245 e. The molecule has 3 rings (SSSR count). The van der Waals surface area contributed by atoms with Gasteiger partial charge >= 0.3 is 0 Å². The zero-order valence-electron chi connectivity index (χ0n) is 29.6. The fraction of sp³-hybridized carbons (Fsp3) is 0.500. The molecule has 1 aliphatic rings. The van der Waals surface area contributed by atoms with Gasteiger partial charge in [-0.15, -0.1) is 0 Å². The Kier molecular flexibility index (Phi) is 18.6. The number of hydrogen-bond acceptors (Lipinski definition) is 11. The SMILES string of the molecule is CN[C@H]1CC[C@@H](C(=O)N[C@@H](Cc2ccco2)C(=O)NCc2ccccc2CC(=O)N[C@@H](CNC(=O)/C=C\NCC=O)C(=O)NCCOCCN)CC1. The Morgan fingerprint density at radius 3 is 2.37 bits per heavy atom. The number of nitrogens with two attached hydrogens (primary N) is 1. The van der Waals surface area contributed by atoms with Gasteiger partial charge in [-0.2, -0.15) is 0 Å². The Morgan fingerprint density at radius 2 is 1.67 bits per heavy atom. The number of nitrogens with one attached hydrogen (secondary N) is 7. The Labute approximate surface area is 303 Å². The van der Waals surface area contributed by atoms with E-state index in [1.807, 2.05) is 7.05 Å². The third kappa shape index (κ3) is 15.0. The summed E-state index contributed by atoms with van der Waals surface area (Å²) in [7, 11) is 1.92. The van der Waals surface area contributed by atoms with E-state index in [0.29, 0.717) is 42.4 Å². The van der Waals surface area contributed by atoms with E-state index in [9.17, 15) is 28.8 Å². The van der Waals surface area contributed by atoms with Gasteiger partial charge in [0, 0.05) is 56.8 Å². The van der Waals surface area contributed by atoms with Crippen LogP contribution in [0.2, 0.25) is 0 Å². The normalized spacial score (nSPS) is 16.7. The molecule has 1 saturated carbocycles. The van der Waals surface area contributed by atoms with Crippen molar-refractivity contribution in [2.24, 2.45) is 11.7 Å². The molecule has 0 spiro atoms. The quantitative estimate of drug-likeness (QED) is 0.0391. The van der Waals surface area contributed by atoms with Crippen LogP contribution in [0.1, 0.15) is 42.6 Å². The van der Waals surface area contributed by atoms with Gasteiger partial charge in [0.1, 0.15) is 24.1 Å². The first-order valence-corrected chi connectivity index (χ1v) is 17.5. The van der Waals surface area contributed by atoms with Crippen LogP contribution in [-0.2, 0) is 52.9 Å². The lowest BCUT2D eigenvalue weighted by atomic mass is 9.85. The highest BCUT2D eigenvalue weighted by molar-refractivity contribution is 5.91. The number of hydrogen-bond donors (Lipinski definition) is 8. The van der Waals surface area contributed by atoms with E-state index in [4.69, 9.17) is 14.9 Å². The Hall–Kier alpha value is -5.06. The van der Waals surface area contributed by atoms with Gasteiger partial charge in [-0.1, -0.05) is 24.3 Å². The van der Waals surface area contributed by atoms with Crippen LogP contribution in [0.25, 0.3) is 0 Å². The lowest BCUT2D eigenvalue weighted by Gasteiger charge is -2.28. The maximum atomic E-state index is 13.5. The summed E-state index contributed by atoms with van der Waals surface area (Å²) in [5.74, 6) is -1.75. The van der Waals surface area contributed by atoms with Crippen molar-refractivity contribution in [3.8, 4) is 0 Å². The van der Waals surface area contributed by atoms with Crippen molar-refractivity contribution in [3.05, 3.63) is 71.8 Å². The highest BCUT2D eigenvalue weighted by atomic mass is 16.5. The zero-order chi connectivity index (χ0) is 37.6. The highest BCUT2D eigenvalue weighted by Gasteiger charge is 2.30. The minimum absolute atomic E-state index is 0.0303. The number of ether oxygens (including phenoxy) is 1. The molecule has 1 aromatic carbocycles. The predicted molar refractivity (Wildman–Crippen MR) is 192 cm³/mol. The second kappa shape index (κ2) is 23.4. The molecule has 2 aromatic rings. The molecule has 9 N–H and O–H groups in total. The lowest BCUT2D eigenvalue weighted by molar-refractivity contribution is -0.132. The van der Waals surface area contributed by atoms with Crippen molar-refractivity contribution >= 4 is 35.8 Å². The van der Waals surface area contributed by atoms with Gasteiger partial charge in [-0.3, -0.25) is 24.0 Å². The van der Waals surface area contributed by atoms with E-state index in [2.05, 4.69) is 37.2 Å². The van der Waals surface area contributed by atoms with Crippen molar-refractivity contribution in [3.63, 3.8) is 0 Å². The largest absolute Gasteiger partial charge is 0.469 e. The summed E-state index contributed by atoms with van der Waals surface area (Å²) in [5.41, 5.74) is 6.69. The second-order valence-electron chi connectivity index (χ2n) is 12.3. The lowest BCUT2D eigenvalue weighted by Crippen LogP contribution is -2.53. The number of amides is 5. The molecule has 2 atom stereocenters. The molecule has 0 unspecified atom stereocenters. The summed E-state index contributed by atoms with van der Waals surface area (Å²) in [5, 5.41) is 19.6. The van der Waals surface area contributed by atoms with Crippen LogP contribution in [0, 0.1) is 5.92 Å². The molecule has 1 heterocycles. The van der Waals surface area contributed by atoms with Crippen LogP contribution in [-0.4, -0.2) is 100 Å². The summed E-state index contributed by atoms with van der Waals surface area (Å²) >= 11 is 0. The van der Waals surface area contributed by atoms with Crippen LogP contribution >= 0.6 is 0 Å². The third-order valence-electron chi connectivity index (χ3n) is 8.54. The Balaban J connectivity index is 1.63. The minimum atomic E-state index is -1.12. The van der Waals surface area contributed by atoms with E-state index in [-0.39, 0.29) is 57.5 Å². The summed E-state index contributed by atoms with van der Waals surface area (Å²) < 4.78 is 10.8. The molecular formula is C36H52N8O8. The van der Waals surface area contributed by atoms with Gasteiger partial charge in [0.2, 0.25) is 29.5 Å². The van der Waals surface area contributed by atoms with E-state index in [0.717, 1.165) is 31.8 Å². The fourth-order valence-corrected chi connectivity index (χ4v) is 5.68. The van der Waals surface area contributed by atoms with E-state index >= 15 is 0 Å². The van der Waals surface area contributed by atoms with E-state index in [1.54, 1.807) is 36.4 Å². The zero-order valence-corrected chi connectivity index (χ0v) is 29.6. The molecule has 0 aliphatic heterocycles. The fourth-order valence-electron chi connectivity index (χ4n) is 5.68. The van der Waals surface area contributed by atoms with Crippen molar-refractivity contribution in [2.45, 2.75) is 63.2 Å². The molecule has 1 aromatic heterocycles. The first kappa shape index (κ1) is 41.4. The van der Waals surface area contributed by atoms with Crippen LogP contribution in [0.3, 0.4) is 0 Å². The molecule has 1 fully saturated rings. The van der Waals surface area contributed by atoms with Crippen LogP contribution in [0.5, 0.6) is 0 Å². The minimum Gasteiger partial charge on any atom is -0.469 e. The molecule has 0 saturated heterocycles. The molecule has 1 aliphatic carbocycles. The number of carbonyl (C=O) groups is 6. The number of benzene rings is 1. The molecule has 284 valence electrons. The number of furan rings is 1. The first-order chi connectivity index (χ1) is 25.2. The molecule has 0 radical (unpaired) electrons. The van der Waals surface area contributed by atoms with Gasteiger partial charge < -0.3 is 56.9 Å². The number of aldehydes is 1. The molecule has 0 bridgehead atoms. The van der Waals surface area contributed by atoms with Crippen LogP contribution in [0.4, 0.5) is 0 Å². The Morgan fingerprint density at radius 1 is 0.923 bits per heavy atom. The highest BCUT2D eigenvalue weighted by Crippen LogP contribution is 2.24. The molecular weight excluding hydrogens is 672 g/mol. The van der Waals surface area contributed by atoms with Gasteiger partial charge in [-0.25, -0.2) is 0 Å². The average Bonchev–Trinajstić information content (AvgIpc) is 3.67. The molecule has 52 heavy (non-hydrogen) atoms. The smallest absolute Gasteiger partial charge is 0.245 e. The van der Waals surface area contributed by atoms with Crippen molar-refractivity contribution in [2.75, 3.05) is 46.4 Å². The van der Waals surface area contributed by atoms with Crippen molar-refractivity contribution in [1.82, 2.24) is 37.2 Å². The maximum absolute atomic E-state index is 13.5. The molecule has 16 nitrogen and oxygen atoms in total. The van der Waals surface area contributed by atoms with E-state index < -0.39 is 35.7 Å². The second-order valence-corrected chi connectivity index (χ2v) is 12.3. The average molecular weight is 725 g/mol. The Bertz CT molecular complexity index is 1460. The van der Waals surface area contributed by atoms with Crippen LogP contribution < -0.4 is 43.0 Å². The first-order valence-electron chi connectivity index (χ1n) is 17.5. The summed E-state index contributed by atoms with van der Waals surface area (Å²) in [6.07, 6.45) is 7.89. The van der Waals surface area contributed by atoms with Gasteiger partial charge in [0.15, 0.2) is 0 Å². The molecule has 5 amide bonds. The standard InChI is InChI=1S/C36H52N8O8/c1-38-28-10-8-25(9-11-28)34(48)44-30(22-29-7-4-18-52-29)35(49)42-23-27-6-3-2-5-26(27)21-33(47)43-31(36(50)40-16-20-51-19-13-37)24-41-32(46)12-14-39-15-17-45/h2-7,12,14,17-18,25,28,30-31,38-39H,8-11,13,15-16,19-24,37H2,1H3,(H,40,50)(H,41,46)(H,42,49)(H,43,47)(H,44,48)/b14-12-/t25-,28+,30-,31-/m0/s1. The van der Waals surface area contributed by atoms with Crippen molar-refractivity contribution in [1.29, 1.82) is 0 Å². The summed E-state index contributed by atoms with van der Waals surface area (Å²) in [6.45, 7) is 0.929. The van der Waals surface area contributed by atoms with Gasteiger partial charge in [0.25, 0.3) is 0 Å². The monoisotopic (exact) mass is 724 g/mol. The van der Waals surface area contributed by atoms with Gasteiger partial charge in [-0.05, 0) is 56.0 Å². The van der Waals surface area contributed by atoms with Gasteiger partial charge in [0.05, 0.1) is 32.4 Å². The summed E-state index contributed by atoms with van der Waals surface area (Å²) in [6, 6.07) is 8.92. The third-order valence-corrected chi connectivity index (χ3v) is 8.54. The van der Waals surface area contributed by atoms with Crippen molar-refractivity contribution < 1.29 is 37.9 Å². The predicted octanol–water partition coefficient (Wildman–Crippen LogP) is -1.06. The summed E-state index contributed by atoms with van der Waals surface area (Å²) in [4.78, 5) is 75.7. The van der Waals surface area contributed by atoms with E-state index in [1.165, 1.54) is 12.5 Å². The number of rotatable bonds is 23.